The minimum Gasteiger partial charge on any atom is -0.497 e. The van der Waals surface area contributed by atoms with Crippen molar-refractivity contribution < 1.29 is 21.6 Å². The zero-order valence-electron chi connectivity index (χ0n) is 17.1. The van der Waals surface area contributed by atoms with Crippen LogP contribution in [-0.2, 0) is 19.9 Å². The van der Waals surface area contributed by atoms with Crippen LogP contribution in [0.2, 0.25) is 0 Å². The first-order valence-corrected chi connectivity index (χ1v) is 12.7. The van der Waals surface area contributed by atoms with E-state index in [1.54, 1.807) is 7.11 Å². The molecule has 2 aromatic rings. The van der Waals surface area contributed by atoms with Crippen LogP contribution in [0, 0.1) is 0 Å². The van der Waals surface area contributed by atoms with Gasteiger partial charge in [-0.2, -0.15) is 0 Å². The fraction of sp³-hybridized carbons (Fsp3) is 0.400. The van der Waals surface area contributed by atoms with Crippen LogP contribution in [-0.4, -0.2) is 54.7 Å². The standard InChI is InChI=1S/C20H28N2O5S2/c1-5-22(6-2)20(16-9-7-10-17(13-16)27-3)15-21-29(25,26)19-12-8-11-18(14-19)28(4,23)24/h7-14,20-21H,5-6,15H2,1-4H3. The minimum absolute atomic E-state index is 0.0338. The maximum absolute atomic E-state index is 12.8. The van der Waals surface area contributed by atoms with Gasteiger partial charge in [-0.3, -0.25) is 4.90 Å². The third-order valence-electron chi connectivity index (χ3n) is 4.74. The smallest absolute Gasteiger partial charge is 0.240 e. The summed E-state index contributed by atoms with van der Waals surface area (Å²) in [5, 5.41) is 0. The third kappa shape index (κ3) is 6.02. The molecule has 1 atom stereocenters. The van der Waals surface area contributed by atoms with Gasteiger partial charge in [0, 0.05) is 18.8 Å². The minimum atomic E-state index is -3.88. The lowest BCUT2D eigenvalue weighted by molar-refractivity contribution is 0.219. The number of hydrogen-bond acceptors (Lipinski definition) is 6. The normalized spacial score (nSPS) is 13.4. The molecule has 2 aromatic carbocycles. The molecule has 0 saturated heterocycles. The molecule has 29 heavy (non-hydrogen) atoms. The number of sulfone groups is 1. The Labute approximate surface area is 173 Å². The zero-order valence-corrected chi connectivity index (χ0v) is 18.8. The number of sulfonamides is 1. The van der Waals surface area contributed by atoms with Crippen LogP contribution in [0.1, 0.15) is 25.5 Å². The number of nitrogens with one attached hydrogen (secondary N) is 1. The highest BCUT2D eigenvalue weighted by Gasteiger charge is 2.23. The van der Waals surface area contributed by atoms with E-state index in [0.717, 1.165) is 24.9 Å². The molecule has 1 N–H and O–H groups in total. The molecule has 7 nitrogen and oxygen atoms in total. The van der Waals surface area contributed by atoms with Gasteiger partial charge < -0.3 is 4.74 Å². The Morgan fingerprint density at radius 1 is 0.966 bits per heavy atom. The van der Waals surface area contributed by atoms with E-state index in [4.69, 9.17) is 4.74 Å². The Morgan fingerprint density at radius 2 is 1.59 bits per heavy atom. The van der Waals surface area contributed by atoms with Crippen molar-refractivity contribution in [3.8, 4) is 5.75 Å². The average Bonchev–Trinajstić information content (AvgIpc) is 2.70. The highest BCUT2D eigenvalue weighted by Crippen LogP contribution is 2.24. The highest BCUT2D eigenvalue weighted by molar-refractivity contribution is 7.91. The van der Waals surface area contributed by atoms with E-state index in [1.807, 2.05) is 38.1 Å². The molecule has 1 unspecified atom stereocenters. The summed E-state index contributed by atoms with van der Waals surface area (Å²) < 4.78 is 57.1. The SMILES string of the molecule is CCN(CC)C(CNS(=O)(=O)c1cccc(S(C)(=O)=O)c1)c1cccc(OC)c1. The molecule has 0 saturated carbocycles. The molecular weight excluding hydrogens is 412 g/mol. The van der Waals surface area contributed by atoms with Crippen molar-refractivity contribution in [2.75, 3.05) is 33.0 Å². The van der Waals surface area contributed by atoms with Gasteiger partial charge in [0.05, 0.1) is 16.9 Å². The van der Waals surface area contributed by atoms with E-state index in [-0.39, 0.29) is 22.4 Å². The van der Waals surface area contributed by atoms with Gasteiger partial charge in [-0.05, 0) is 49.0 Å². The van der Waals surface area contributed by atoms with Crippen molar-refractivity contribution in [1.29, 1.82) is 0 Å². The molecular formula is C20H28N2O5S2. The Balaban J connectivity index is 2.32. The Hall–Kier alpha value is -1.94. The maximum Gasteiger partial charge on any atom is 0.240 e. The van der Waals surface area contributed by atoms with Crippen molar-refractivity contribution in [1.82, 2.24) is 9.62 Å². The Kier molecular flexibility index (Phi) is 7.81. The van der Waals surface area contributed by atoms with Crippen molar-refractivity contribution in [3.63, 3.8) is 0 Å². The lowest BCUT2D eigenvalue weighted by Crippen LogP contribution is -2.38. The van der Waals surface area contributed by atoms with Crippen LogP contribution in [0.4, 0.5) is 0 Å². The summed E-state index contributed by atoms with van der Waals surface area (Å²) in [5.41, 5.74) is 0.931. The number of nitrogens with zero attached hydrogens (tertiary/aromatic N) is 1. The first-order valence-electron chi connectivity index (χ1n) is 9.30. The summed E-state index contributed by atoms with van der Waals surface area (Å²) in [7, 11) is -5.80. The van der Waals surface area contributed by atoms with Gasteiger partial charge in [0.2, 0.25) is 10.0 Å². The van der Waals surface area contributed by atoms with E-state index < -0.39 is 19.9 Å². The van der Waals surface area contributed by atoms with Gasteiger partial charge in [0.25, 0.3) is 0 Å². The number of rotatable bonds is 10. The molecule has 0 aliphatic carbocycles. The lowest BCUT2D eigenvalue weighted by atomic mass is 10.0. The van der Waals surface area contributed by atoms with Gasteiger partial charge in [-0.1, -0.05) is 32.0 Å². The van der Waals surface area contributed by atoms with E-state index in [9.17, 15) is 16.8 Å². The summed E-state index contributed by atoms with van der Waals surface area (Å²) in [6.45, 7) is 5.65. The first kappa shape index (κ1) is 23.3. The molecule has 0 aromatic heterocycles. The number of likely N-dealkylation sites (N-methyl/N-ethyl adjacent to an activating group) is 1. The molecule has 2 rings (SSSR count). The van der Waals surface area contributed by atoms with Crippen molar-refractivity contribution in [2.45, 2.75) is 29.7 Å². The fourth-order valence-electron chi connectivity index (χ4n) is 3.11. The lowest BCUT2D eigenvalue weighted by Gasteiger charge is -2.30. The van der Waals surface area contributed by atoms with Gasteiger partial charge in [-0.25, -0.2) is 21.6 Å². The molecule has 160 valence electrons. The summed E-state index contributed by atoms with van der Waals surface area (Å²) in [5.74, 6) is 0.698. The van der Waals surface area contributed by atoms with Crippen LogP contribution >= 0.6 is 0 Å². The predicted octanol–water partition coefficient (Wildman–Crippen LogP) is 2.46. The second-order valence-corrected chi connectivity index (χ2v) is 10.4. The molecule has 0 aliphatic heterocycles. The van der Waals surface area contributed by atoms with E-state index in [1.165, 1.54) is 24.3 Å². The third-order valence-corrected chi connectivity index (χ3v) is 7.27. The van der Waals surface area contributed by atoms with Crippen LogP contribution in [0.15, 0.2) is 58.3 Å². The number of methoxy groups -OCH3 is 1. The summed E-state index contributed by atoms with van der Waals surface area (Å²) in [6, 6.07) is 12.7. The average molecular weight is 441 g/mol. The van der Waals surface area contributed by atoms with Gasteiger partial charge in [0.1, 0.15) is 5.75 Å². The second kappa shape index (κ2) is 9.71. The van der Waals surface area contributed by atoms with Gasteiger partial charge in [0.15, 0.2) is 9.84 Å². The van der Waals surface area contributed by atoms with Crippen molar-refractivity contribution in [3.05, 3.63) is 54.1 Å². The monoisotopic (exact) mass is 440 g/mol. The number of hydrogen-bond donors (Lipinski definition) is 1. The molecule has 0 spiro atoms. The molecule has 0 bridgehead atoms. The van der Waals surface area contributed by atoms with Gasteiger partial charge in [-0.15, -0.1) is 0 Å². The Morgan fingerprint density at radius 3 is 2.17 bits per heavy atom. The van der Waals surface area contributed by atoms with E-state index in [0.29, 0.717) is 5.75 Å². The fourth-order valence-corrected chi connectivity index (χ4v) is 4.94. The topological polar surface area (TPSA) is 92.8 Å². The molecule has 9 heteroatoms. The second-order valence-electron chi connectivity index (χ2n) is 6.61. The van der Waals surface area contributed by atoms with E-state index in [2.05, 4.69) is 9.62 Å². The van der Waals surface area contributed by atoms with Crippen LogP contribution in [0.3, 0.4) is 0 Å². The Bertz CT molecular complexity index is 1030. The zero-order chi connectivity index (χ0) is 21.7. The molecule has 0 fully saturated rings. The van der Waals surface area contributed by atoms with Gasteiger partial charge >= 0.3 is 0 Å². The predicted molar refractivity (Wildman–Crippen MR) is 113 cm³/mol. The van der Waals surface area contributed by atoms with Crippen molar-refractivity contribution in [2.24, 2.45) is 0 Å². The largest absolute Gasteiger partial charge is 0.497 e. The summed E-state index contributed by atoms with van der Waals surface area (Å²) >= 11 is 0. The summed E-state index contributed by atoms with van der Waals surface area (Å²) in [4.78, 5) is 2.03. The molecule has 0 aliphatic rings. The first-order chi connectivity index (χ1) is 13.6. The summed E-state index contributed by atoms with van der Waals surface area (Å²) in [6.07, 6.45) is 1.05. The molecule has 0 amide bonds. The van der Waals surface area contributed by atoms with Crippen molar-refractivity contribution >= 4 is 19.9 Å². The quantitative estimate of drug-likeness (QED) is 0.610. The van der Waals surface area contributed by atoms with Crippen LogP contribution < -0.4 is 9.46 Å². The van der Waals surface area contributed by atoms with Crippen LogP contribution in [0.5, 0.6) is 5.75 Å². The van der Waals surface area contributed by atoms with Crippen LogP contribution in [0.25, 0.3) is 0 Å². The number of benzene rings is 2. The highest BCUT2D eigenvalue weighted by atomic mass is 32.2. The molecule has 0 heterocycles. The number of ether oxygens (including phenoxy) is 1. The van der Waals surface area contributed by atoms with E-state index >= 15 is 0 Å². The molecule has 0 radical (unpaired) electrons. The maximum atomic E-state index is 12.8.